The van der Waals surface area contributed by atoms with Gasteiger partial charge in [0.05, 0.1) is 6.10 Å². The van der Waals surface area contributed by atoms with E-state index in [9.17, 15) is 0 Å². The normalized spacial score (nSPS) is 27.8. The van der Waals surface area contributed by atoms with Crippen LogP contribution >= 0.6 is 0 Å². The first-order chi connectivity index (χ1) is 8.74. The van der Waals surface area contributed by atoms with Crippen LogP contribution in [0.2, 0.25) is 0 Å². The van der Waals surface area contributed by atoms with Crippen molar-refractivity contribution in [2.45, 2.75) is 44.2 Å². The van der Waals surface area contributed by atoms with Gasteiger partial charge in [-0.1, -0.05) is 0 Å². The van der Waals surface area contributed by atoms with Crippen LogP contribution in [-0.4, -0.2) is 68.3 Å². The van der Waals surface area contributed by atoms with Crippen molar-refractivity contribution in [3.8, 4) is 0 Å². The molecule has 0 aromatic heterocycles. The standard InChI is InChI=1S/C14H29N3O/c1-16(12-14-4-2-3-11-18-14)9-10-17-7-5-13(15)6-8-17/h13-14H,2-12,15H2,1H3. The van der Waals surface area contributed by atoms with Gasteiger partial charge in [-0.05, 0) is 52.2 Å². The summed E-state index contributed by atoms with van der Waals surface area (Å²) in [5, 5.41) is 0. The Morgan fingerprint density at radius 2 is 2.00 bits per heavy atom. The highest BCUT2D eigenvalue weighted by Crippen LogP contribution is 2.13. The molecule has 0 radical (unpaired) electrons. The van der Waals surface area contributed by atoms with Gasteiger partial charge < -0.3 is 20.3 Å². The van der Waals surface area contributed by atoms with Gasteiger partial charge in [-0.15, -0.1) is 0 Å². The molecule has 0 aromatic rings. The highest BCUT2D eigenvalue weighted by molar-refractivity contribution is 4.75. The third-order valence-corrected chi connectivity index (χ3v) is 4.22. The molecule has 0 aromatic carbocycles. The molecular weight excluding hydrogens is 226 g/mol. The van der Waals surface area contributed by atoms with Crippen molar-refractivity contribution in [3.63, 3.8) is 0 Å². The molecule has 2 fully saturated rings. The summed E-state index contributed by atoms with van der Waals surface area (Å²) < 4.78 is 5.78. The molecule has 2 saturated heterocycles. The van der Waals surface area contributed by atoms with Crippen LogP contribution in [0.5, 0.6) is 0 Å². The summed E-state index contributed by atoms with van der Waals surface area (Å²) in [6.07, 6.45) is 6.61. The third kappa shape index (κ3) is 4.84. The van der Waals surface area contributed by atoms with Crippen LogP contribution in [0.3, 0.4) is 0 Å². The van der Waals surface area contributed by atoms with E-state index < -0.39 is 0 Å². The average Bonchev–Trinajstić information content (AvgIpc) is 2.39. The molecule has 2 aliphatic rings. The summed E-state index contributed by atoms with van der Waals surface area (Å²) in [6, 6.07) is 0.439. The number of nitrogens with two attached hydrogens (primary N) is 1. The van der Waals surface area contributed by atoms with E-state index in [0.717, 1.165) is 32.5 Å². The number of piperidine rings is 1. The molecule has 1 atom stereocenters. The van der Waals surface area contributed by atoms with Gasteiger partial charge in [0.15, 0.2) is 0 Å². The van der Waals surface area contributed by atoms with Crippen molar-refractivity contribution in [2.75, 3.05) is 46.4 Å². The highest BCUT2D eigenvalue weighted by Gasteiger charge is 2.18. The highest BCUT2D eigenvalue weighted by atomic mass is 16.5. The molecule has 2 N–H and O–H groups in total. The lowest BCUT2D eigenvalue weighted by atomic mass is 10.1. The van der Waals surface area contributed by atoms with Gasteiger partial charge in [0.2, 0.25) is 0 Å². The SMILES string of the molecule is CN(CCN1CCC(N)CC1)CC1CCCCO1. The average molecular weight is 255 g/mol. The van der Waals surface area contributed by atoms with E-state index >= 15 is 0 Å². The monoisotopic (exact) mass is 255 g/mol. The van der Waals surface area contributed by atoms with Crippen LogP contribution in [0.1, 0.15) is 32.1 Å². The molecule has 0 aliphatic carbocycles. The summed E-state index contributed by atoms with van der Waals surface area (Å²) >= 11 is 0. The lowest BCUT2D eigenvalue weighted by molar-refractivity contribution is -0.00275. The van der Waals surface area contributed by atoms with Crippen molar-refractivity contribution < 1.29 is 4.74 Å². The Balaban J connectivity index is 1.57. The zero-order valence-electron chi connectivity index (χ0n) is 11.8. The van der Waals surface area contributed by atoms with E-state index in [1.54, 1.807) is 0 Å². The van der Waals surface area contributed by atoms with E-state index in [-0.39, 0.29) is 0 Å². The summed E-state index contributed by atoms with van der Waals surface area (Å²) in [4.78, 5) is 4.96. The molecule has 4 nitrogen and oxygen atoms in total. The lowest BCUT2D eigenvalue weighted by Gasteiger charge is -2.32. The zero-order valence-corrected chi connectivity index (χ0v) is 11.8. The molecule has 0 spiro atoms. The van der Waals surface area contributed by atoms with Gasteiger partial charge >= 0.3 is 0 Å². The van der Waals surface area contributed by atoms with Gasteiger partial charge in [0.1, 0.15) is 0 Å². The molecule has 2 aliphatic heterocycles. The molecule has 2 rings (SSSR count). The quantitative estimate of drug-likeness (QED) is 0.793. The third-order valence-electron chi connectivity index (χ3n) is 4.22. The second-order valence-corrected chi connectivity index (χ2v) is 5.93. The molecule has 2 heterocycles. The summed E-state index contributed by atoms with van der Waals surface area (Å²) in [7, 11) is 2.22. The van der Waals surface area contributed by atoms with Crippen LogP contribution < -0.4 is 5.73 Å². The Bertz CT molecular complexity index is 223. The Morgan fingerprint density at radius 1 is 1.22 bits per heavy atom. The lowest BCUT2D eigenvalue weighted by Crippen LogP contribution is -2.43. The molecule has 0 saturated carbocycles. The van der Waals surface area contributed by atoms with Crippen LogP contribution in [0, 0.1) is 0 Å². The second kappa shape index (κ2) is 7.43. The van der Waals surface area contributed by atoms with Gasteiger partial charge in [-0.25, -0.2) is 0 Å². The summed E-state index contributed by atoms with van der Waals surface area (Å²) in [5.41, 5.74) is 5.92. The van der Waals surface area contributed by atoms with Crippen LogP contribution in [0.25, 0.3) is 0 Å². The molecule has 106 valence electrons. The molecular formula is C14H29N3O. The van der Waals surface area contributed by atoms with Gasteiger partial charge in [0, 0.05) is 32.3 Å². The minimum absolute atomic E-state index is 0.439. The van der Waals surface area contributed by atoms with Gasteiger partial charge in [0.25, 0.3) is 0 Å². The van der Waals surface area contributed by atoms with E-state index in [1.807, 2.05) is 0 Å². The number of hydrogen-bond donors (Lipinski definition) is 1. The van der Waals surface area contributed by atoms with E-state index in [1.165, 1.54) is 38.9 Å². The Morgan fingerprint density at radius 3 is 2.67 bits per heavy atom. The minimum atomic E-state index is 0.439. The Labute approximate surface area is 111 Å². The number of likely N-dealkylation sites (N-methyl/N-ethyl adjacent to an activating group) is 1. The van der Waals surface area contributed by atoms with Crippen molar-refractivity contribution in [2.24, 2.45) is 5.73 Å². The fourth-order valence-corrected chi connectivity index (χ4v) is 2.88. The summed E-state index contributed by atoms with van der Waals surface area (Å²) in [5.74, 6) is 0. The number of likely N-dealkylation sites (tertiary alicyclic amines) is 1. The van der Waals surface area contributed by atoms with Crippen LogP contribution in [0.4, 0.5) is 0 Å². The van der Waals surface area contributed by atoms with Crippen molar-refractivity contribution in [1.82, 2.24) is 9.80 Å². The number of nitrogens with zero attached hydrogens (tertiary/aromatic N) is 2. The van der Waals surface area contributed by atoms with E-state index in [4.69, 9.17) is 10.5 Å². The van der Waals surface area contributed by atoms with Gasteiger partial charge in [-0.3, -0.25) is 0 Å². The molecule has 0 bridgehead atoms. The fraction of sp³-hybridized carbons (Fsp3) is 1.00. The summed E-state index contributed by atoms with van der Waals surface area (Å²) in [6.45, 7) is 6.73. The van der Waals surface area contributed by atoms with E-state index in [0.29, 0.717) is 12.1 Å². The second-order valence-electron chi connectivity index (χ2n) is 5.93. The Hall–Kier alpha value is -0.160. The maximum Gasteiger partial charge on any atom is 0.0701 e. The number of rotatable bonds is 5. The number of ether oxygens (including phenoxy) is 1. The topological polar surface area (TPSA) is 41.7 Å². The van der Waals surface area contributed by atoms with E-state index in [2.05, 4.69) is 16.8 Å². The smallest absolute Gasteiger partial charge is 0.0701 e. The van der Waals surface area contributed by atoms with Crippen LogP contribution in [0.15, 0.2) is 0 Å². The maximum atomic E-state index is 5.92. The van der Waals surface area contributed by atoms with Gasteiger partial charge in [-0.2, -0.15) is 0 Å². The predicted octanol–water partition coefficient (Wildman–Crippen LogP) is 0.910. The largest absolute Gasteiger partial charge is 0.377 e. The van der Waals surface area contributed by atoms with Crippen molar-refractivity contribution >= 4 is 0 Å². The van der Waals surface area contributed by atoms with Crippen molar-refractivity contribution in [1.29, 1.82) is 0 Å². The predicted molar refractivity (Wildman–Crippen MR) is 74.7 cm³/mol. The minimum Gasteiger partial charge on any atom is -0.377 e. The molecule has 0 amide bonds. The molecule has 1 unspecified atom stereocenters. The van der Waals surface area contributed by atoms with Crippen molar-refractivity contribution in [3.05, 3.63) is 0 Å². The molecule has 4 heteroatoms. The Kier molecular flexibility index (Phi) is 5.89. The first-order valence-corrected chi connectivity index (χ1v) is 7.52. The number of hydrogen-bond acceptors (Lipinski definition) is 4. The fourth-order valence-electron chi connectivity index (χ4n) is 2.88. The molecule has 18 heavy (non-hydrogen) atoms. The first-order valence-electron chi connectivity index (χ1n) is 7.52. The zero-order chi connectivity index (χ0) is 12.8. The maximum absolute atomic E-state index is 5.92. The first kappa shape index (κ1) is 14.3. The van der Waals surface area contributed by atoms with Crippen LogP contribution in [-0.2, 0) is 4.74 Å².